The third-order valence-corrected chi connectivity index (χ3v) is 4.46. The molecule has 0 bridgehead atoms. The van der Waals surface area contributed by atoms with Crippen LogP contribution in [0.1, 0.15) is 25.7 Å². The van der Waals surface area contributed by atoms with Crippen molar-refractivity contribution < 1.29 is 4.74 Å². The summed E-state index contributed by atoms with van der Waals surface area (Å²) >= 11 is 3.31. The zero-order valence-electron chi connectivity index (χ0n) is 13.0. The van der Waals surface area contributed by atoms with Crippen molar-refractivity contribution in [2.24, 2.45) is 15.8 Å². The first kappa shape index (κ1) is 17.2. The van der Waals surface area contributed by atoms with Crippen molar-refractivity contribution in [1.29, 1.82) is 0 Å². The molecular formula is C15H24BrN5O. The SMILES string of the molecule is C=C(CCCN1CCC[C@H]1COC)N1N=CN=C(N)/C1=C\Br. The molecule has 22 heavy (non-hydrogen) atoms. The number of hydrazone groups is 1. The zero-order valence-corrected chi connectivity index (χ0v) is 14.6. The lowest BCUT2D eigenvalue weighted by atomic mass is 10.2. The van der Waals surface area contributed by atoms with Crippen LogP contribution in [0.2, 0.25) is 0 Å². The largest absolute Gasteiger partial charge is 0.383 e. The maximum atomic E-state index is 5.85. The Hall–Kier alpha value is -1.18. The molecular weight excluding hydrogens is 346 g/mol. The maximum Gasteiger partial charge on any atom is 0.151 e. The molecule has 0 aromatic carbocycles. The van der Waals surface area contributed by atoms with Gasteiger partial charge in [-0.25, -0.2) is 10.0 Å². The predicted octanol–water partition coefficient (Wildman–Crippen LogP) is 2.24. The maximum absolute atomic E-state index is 5.85. The summed E-state index contributed by atoms with van der Waals surface area (Å²) in [5, 5.41) is 5.98. The number of methoxy groups -OCH3 is 1. The number of nitrogens with two attached hydrogens (primary N) is 1. The number of hydrogen-bond donors (Lipinski definition) is 1. The van der Waals surface area contributed by atoms with Gasteiger partial charge in [0.05, 0.1) is 6.61 Å². The number of ether oxygens (including phenoxy) is 1. The molecule has 2 heterocycles. The molecule has 1 atom stereocenters. The number of amidine groups is 1. The molecule has 0 radical (unpaired) electrons. The molecule has 1 saturated heterocycles. The van der Waals surface area contributed by atoms with E-state index in [2.05, 4.69) is 37.5 Å². The van der Waals surface area contributed by atoms with Gasteiger partial charge in [-0.1, -0.05) is 22.5 Å². The molecule has 1 fully saturated rings. The number of rotatable bonds is 7. The summed E-state index contributed by atoms with van der Waals surface area (Å²) in [7, 11) is 1.77. The minimum absolute atomic E-state index is 0.438. The lowest BCUT2D eigenvalue weighted by Gasteiger charge is -2.27. The predicted molar refractivity (Wildman–Crippen MR) is 93.8 cm³/mol. The third kappa shape index (κ3) is 4.18. The van der Waals surface area contributed by atoms with Crippen LogP contribution in [0.15, 0.2) is 33.1 Å². The van der Waals surface area contributed by atoms with Gasteiger partial charge >= 0.3 is 0 Å². The molecule has 0 aromatic heterocycles. The number of halogens is 1. The molecule has 0 aliphatic carbocycles. The Labute approximate surface area is 140 Å². The second-order valence-electron chi connectivity index (χ2n) is 5.51. The first-order valence-electron chi connectivity index (χ1n) is 7.54. The lowest BCUT2D eigenvalue weighted by Crippen LogP contribution is -2.34. The Bertz CT molecular complexity index is 488. The van der Waals surface area contributed by atoms with Crippen LogP contribution in [0.25, 0.3) is 0 Å². The topological polar surface area (TPSA) is 66.5 Å². The van der Waals surface area contributed by atoms with Gasteiger partial charge in [-0.15, -0.1) is 0 Å². The van der Waals surface area contributed by atoms with Gasteiger partial charge in [0.15, 0.2) is 5.84 Å². The molecule has 2 aliphatic rings. The zero-order chi connectivity index (χ0) is 15.9. The molecule has 2 N–H and O–H groups in total. The molecule has 0 aromatic rings. The summed E-state index contributed by atoms with van der Waals surface area (Å²) in [6, 6.07) is 0.562. The summed E-state index contributed by atoms with van der Waals surface area (Å²) in [5.74, 6) is 0.438. The number of nitrogens with zero attached hydrogens (tertiary/aromatic N) is 4. The number of allylic oxidation sites excluding steroid dienone is 1. The van der Waals surface area contributed by atoms with E-state index in [4.69, 9.17) is 10.5 Å². The van der Waals surface area contributed by atoms with Gasteiger partial charge in [-0.3, -0.25) is 4.90 Å². The minimum atomic E-state index is 0.438. The van der Waals surface area contributed by atoms with Gasteiger partial charge in [-0.2, -0.15) is 5.10 Å². The van der Waals surface area contributed by atoms with E-state index < -0.39 is 0 Å². The van der Waals surface area contributed by atoms with Crippen LogP contribution in [0.3, 0.4) is 0 Å². The number of hydrogen-bond acceptors (Lipinski definition) is 6. The van der Waals surface area contributed by atoms with Crippen molar-refractivity contribution in [2.45, 2.75) is 31.7 Å². The Morgan fingerprint density at radius 3 is 3.18 bits per heavy atom. The van der Waals surface area contributed by atoms with E-state index in [-0.39, 0.29) is 0 Å². The minimum Gasteiger partial charge on any atom is -0.383 e. The van der Waals surface area contributed by atoms with E-state index in [0.717, 1.165) is 43.9 Å². The normalized spacial score (nSPS) is 24.1. The molecule has 0 spiro atoms. The van der Waals surface area contributed by atoms with Gasteiger partial charge in [0, 0.05) is 23.8 Å². The lowest BCUT2D eigenvalue weighted by molar-refractivity contribution is 0.114. The Kier molecular flexibility index (Phi) is 6.60. The van der Waals surface area contributed by atoms with Gasteiger partial charge in [0.1, 0.15) is 12.0 Å². The van der Waals surface area contributed by atoms with Crippen molar-refractivity contribution in [1.82, 2.24) is 9.91 Å². The number of likely N-dealkylation sites (tertiary alicyclic amines) is 1. The van der Waals surface area contributed by atoms with Gasteiger partial charge in [-0.05, 0) is 38.8 Å². The highest BCUT2D eigenvalue weighted by molar-refractivity contribution is 9.11. The fraction of sp³-hybridized carbons (Fsp3) is 0.600. The van der Waals surface area contributed by atoms with E-state index in [0.29, 0.717) is 11.9 Å². The molecule has 2 aliphatic heterocycles. The first-order valence-corrected chi connectivity index (χ1v) is 8.46. The summed E-state index contributed by atoms with van der Waals surface area (Å²) in [4.78, 5) is 8.22. The Morgan fingerprint density at radius 2 is 2.45 bits per heavy atom. The second-order valence-corrected chi connectivity index (χ2v) is 5.97. The van der Waals surface area contributed by atoms with Crippen LogP contribution in [0.5, 0.6) is 0 Å². The van der Waals surface area contributed by atoms with E-state index in [1.165, 1.54) is 19.2 Å². The van der Waals surface area contributed by atoms with Crippen molar-refractivity contribution in [3.8, 4) is 0 Å². The molecule has 0 amide bonds. The fourth-order valence-electron chi connectivity index (χ4n) is 2.89. The van der Waals surface area contributed by atoms with E-state index in [1.807, 2.05) is 0 Å². The summed E-state index contributed by atoms with van der Waals surface area (Å²) in [6.07, 6.45) is 5.85. The summed E-state index contributed by atoms with van der Waals surface area (Å²) in [6.45, 7) is 7.17. The molecule has 6 nitrogen and oxygen atoms in total. The van der Waals surface area contributed by atoms with Crippen molar-refractivity contribution >= 4 is 28.1 Å². The number of aliphatic imine (C=N–C) groups is 1. The molecule has 7 heteroatoms. The fourth-order valence-corrected chi connectivity index (χ4v) is 3.32. The van der Waals surface area contributed by atoms with Gasteiger partial charge < -0.3 is 10.5 Å². The highest BCUT2D eigenvalue weighted by atomic mass is 79.9. The quantitative estimate of drug-likeness (QED) is 0.747. The van der Waals surface area contributed by atoms with Crippen LogP contribution < -0.4 is 5.73 Å². The standard InChI is InChI=1S/C15H24BrN5O/c1-12(21-14(9-16)15(17)18-11-19-21)5-3-7-20-8-4-6-13(20)10-22-2/h9,11,13H,1,3-8,10H2,2H3,(H2,17,18,19)/b14-9+/t13-/m0/s1. The average molecular weight is 370 g/mol. The second kappa shape index (κ2) is 8.45. The van der Waals surface area contributed by atoms with Crippen molar-refractivity contribution in [3.05, 3.63) is 23.0 Å². The highest BCUT2D eigenvalue weighted by Crippen LogP contribution is 2.22. The van der Waals surface area contributed by atoms with Crippen LogP contribution in [0, 0.1) is 0 Å². The molecule has 2 rings (SSSR count). The van der Waals surface area contributed by atoms with E-state index in [9.17, 15) is 0 Å². The molecule has 0 unspecified atom stereocenters. The average Bonchev–Trinajstić information content (AvgIpc) is 2.94. The Morgan fingerprint density at radius 1 is 1.64 bits per heavy atom. The van der Waals surface area contributed by atoms with E-state index >= 15 is 0 Å². The molecule has 122 valence electrons. The van der Waals surface area contributed by atoms with Crippen LogP contribution in [0.4, 0.5) is 0 Å². The highest BCUT2D eigenvalue weighted by Gasteiger charge is 2.24. The van der Waals surface area contributed by atoms with E-state index in [1.54, 1.807) is 17.1 Å². The van der Waals surface area contributed by atoms with Crippen LogP contribution in [-0.4, -0.2) is 54.9 Å². The smallest absolute Gasteiger partial charge is 0.151 e. The summed E-state index contributed by atoms with van der Waals surface area (Å²) < 4.78 is 5.29. The molecule has 0 saturated carbocycles. The van der Waals surface area contributed by atoms with Crippen molar-refractivity contribution in [2.75, 3.05) is 26.8 Å². The monoisotopic (exact) mass is 369 g/mol. The first-order chi connectivity index (χ1) is 10.7. The van der Waals surface area contributed by atoms with Gasteiger partial charge in [0.25, 0.3) is 0 Å². The van der Waals surface area contributed by atoms with Crippen LogP contribution >= 0.6 is 15.9 Å². The summed E-state index contributed by atoms with van der Waals surface area (Å²) in [5.41, 5.74) is 7.50. The Balaban J connectivity index is 1.81. The van der Waals surface area contributed by atoms with Gasteiger partial charge in [0.2, 0.25) is 0 Å². The third-order valence-electron chi connectivity index (χ3n) is 4.03. The van der Waals surface area contributed by atoms with Crippen LogP contribution in [-0.2, 0) is 4.74 Å². The van der Waals surface area contributed by atoms with Crippen molar-refractivity contribution in [3.63, 3.8) is 0 Å².